The van der Waals surface area contributed by atoms with Crippen molar-refractivity contribution in [1.82, 2.24) is 4.37 Å². The van der Waals surface area contributed by atoms with Crippen LogP contribution in [0, 0.1) is 11.3 Å². The van der Waals surface area contributed by atoms with Crippen molar-refractivity contribution in [3.05, 3.63) is 28.0 Å². The van der Waals surface area contributed by atoms with Crippen LogP contribution in [0.2, 0.25) is 0 Å². The summed E-state index contributed by atoms with van der Waals surface area (Å²) >= 11 is 1.26. The normalized spacial score (nSPS) is 10.2. The van der Waals surface area contributed by atoms with Crippen LogP contribution in [0.5, 0.6) is 0 Å². The zero-order chi connectivity index (χ0) is 10.1. The van der Waals surface area contributed by atoms with Crippen molar-refractivity contribution < 1.29 is 0 Å². The van der Waals surface area contributed by atoms with Gasteiger partial charge in [0, 0.05) is 11.3 Å². The standard InChI is InChI=1S/C9H7N3OS/c10-4-3-5-6(11)1-2-7-8(5)9(13)12-14-7/h1-2H,3,11H2,(H,12,13). The van der Waals surface area contributed by atoms with Crippen LogP contribution in [0.3, 0.4) is 0 Å². The molecule has 2 rings (SSSR count). The van der Waals surface area contributed by atoms with E-state index in [1.165, 1.54) is 11.5 Å². The number of nitriles is 1. The Hall–Kier alpha value is -1.80. The van der Waals surface area contributed by atoms with E-state index in [4.69, 9.17) is 11.0 Å². The molecule has 2 aromatic rings. The summed E-state index contributed by atoms with van der Waals surface area (Å²) in [7, 11) is 0. The molecule has 0 unspecified atom stereocenters. The molecule has 0 spiro atoms. The maximum absolute atomic E-state index is 11.4. The number of nitrogens with two attached hydrogens (primary N) is 1. The summed E-state index contributed by atoms with van der Waals surface area (Å²) in [6, 6.07) is 5.51. The third-order valence-corrected chi connectivity index (χ3v) is 2.90. The first kappa shape index (κ1) is 8.78. The van der Waals surface area contributed by atoms with Gasteiger partial charge in [-0.15, -0.1) is 0 Å². The highest BCUT2D eigenvalue weighted by Gasteiger charge is 2.09. The topological polar surface area (TPSA) is 82.7 Å². The summed E-state index contributed by atoms with van der Waals surface area (Å²) < 4.78 is 3.47. The van der Waals surface area contributed by atoms with Gasteiger partial charge in [-0.25, -0.2) is 0 Å². The molecule has 3 N–H and O–H groups in total. The van der Waals surface area contributed by atoms with Crippen LogP contribution in [0.1, 0.15) is 5.56 Å². The van der Waals surface area contributed by atoms with Gasteiger partial charge in [0.05, 0.1) is 22.6 Å². The number of hydrogen-bond donors (Lipinski definition) is 2. The Balaban J connectivity index is 2.88. The van der Waals surface area contributed by atoms with Crippen molar-refractivity contribution in [2.75, 3.05) is 5.73 Å². The highest BCUT2D eigenvalue weighted by atomic mass is 32.1. The van der Waals surface area contributed by atoms with E-state index in [0.29, 0.717) is 16.6 Å². The lowest BCUT2D eigenvalue weighted by atomic mass is 10.1. The molecule has 0 atom stereocenters. The van der Waals surface area contributed by atoms with E-state index < -0.39 is 0 Å². The molecule has 4 nitrogen and oxygen atoms in total. The maximum Gasteiger partial charge on any atom is 0.266 e. The van der Waals surface area contributed by atoms with Gasteiger partial charge in [-0.05, 0) is 12.1 Å². The van der Waals surface area contributed by atoms with Crippen molar-refractivity contribution in [2.45, 2.75) is 6.42 Å². The van der Waals surface area contributed by atoms with E-state index in [1.54, 1.807) is 12.1 Å². The third kappa shape index (κ3) is 1.17. The van der Waals surface area contributed by atoms with Crippen LogP contribution >= 0.6 is 11.5 Å². The second kappa shape index (κ2) is 3.16. The first-order valence-corrected chi connectivity index (χ1v) is 4.81. The Morgan fingerprint density at radius 2 is 2.36 bits per heavy atom. The summed E-state index contributed by atoms with van der Waals surface area (Å²) in [6.45, 7) is 0. The van der Waals surface area contributed by atoms with Crippen LogP contribution in [0.4, 0.5) is 5.69 Å². The van der Waals surface area contributed by atoms with Crippen molar-refractivity contribution in [3.8, 4) is 6.07 Å². The molecule has 1 heterocycles. The molecule has 70 valence electrons. The summed E-state index contributed by atoms with van der Waals surface area (Å²) in [5, 5.41) is 9.17. The Morgan fingerprint density at radius 1 is 1.57 bits per heavy atom. The van der Waals surface area contributed by atoms with Gasteiger partial charge in [0.25, 0.3) is 5.56 Å². The molecule has 0 aliphatic carbocycles. The quantitative estimate of drug-likeness (QED) is 0.687. The molecule has 0 bridgehead atoms. The number of anilines is 1. The minimum atomic E-state index is -0.164. The second-order valence-electron chi connectivity index (χ2n) is 2.87. The smallest absolute Gasteiger partial charge is 0.266 e. The van der Waals surface area contributed by atoms with Gasteiger partial charge in [-0.2, -0.15) is 5.26 Å². The number of H-pyrrole nitrogens is 1. The molecule has 0 aliphatic rings. The number of fused-ring (bicyclic) bond motifs is 1. The monoisotopic (exact) mass is 205 g/mol. The Labute approximate surface area is 83.7 Å². The first-order chi connectivity index (χ1) is 6.74. The van der Waals surface area contributed by atoms with Gasteiger partial charge in [0.1, 0.15) is 0 Å². The van der Waals surface area contributed by atoms with E-state index in [1.807, 2.05) is 6.07 Å². The van der Waals surface area contributed by atoms with E-state index in [9.17, 15) is 4.79 Å². The molecule has 0 amide bonds. The number of nitrogens with zero attached hydrogens (tertiary/aromatic N) is 1. The van der Waals surface area contributed by atoms with Gasteiger partial charge in [0.15, 0.2) is 0 Å². The van der Waals surface area contributed by atoms with Crippen molar-refractivity contribution in [1.29, 1.82) is 5.26 Å². The third-order valence-electron chi connectivity index (χ3n) is 2.05. The van der Waals surface area contributed by atoms with Gasteiger partial charge >= 0.3 is 0 Å². The number of benzene rings is 1. The minimum absolute atomic E-state index is 0.164. The lowest BCUT2D eigenvalue weighted by Crippen LogP contribution is -2.03. The summed E-state index contributed by atoms with van der Waals surface area (Å²) in [4.78, 5) is 11.4. The van der Waals surface area contributed by atoms with Crippen molar-refractivity contribution >= 4 is 27.3 Å². The van der Waals surface area contributed by atoms with E-state index in [2.05, 4.69) is 4.37 Å². The molecular formula is C9H7N3OS. The summed E-state index contributed by atoms with van der Waals surface area (Å²) in [6.07, 6.45) is 0.170. The van der Waals surface area contributed by atoms with Crippen LogP contribution in [-0.4, -0.2) is 4.37 Å². The van der Waals surface area contributed by atoms with Gasteiger partial charge in [0.2, 0.25) is 0 Å². The fourth-order valence-corrected chi connectivity index (χ4v) is 2.16. The highest BCUT2D eigenvalue weighted by Crippen LogP contribution is 2.23. The van der Waals surface area contributed by atoms with Gasteiger partial charge < -0.3 is 5.73 Å². The average Bonchev–Trinajstić information content (AvgIpc) is 2.53. The lowest BCUT2D eigenvalue weighted by Gasteiger charge is -2.00. The largest absolute Gasteiger partial charge is 0.398 e. The Morgan fingerprint density at radius 3 is 3.07 bits per heavy atom. The molecule has 0 aliphatic heterocycles. The fraction of sp³-hybridized carbons (Fsp3) is 0.111. The number of hydrogen-bond acceptors (Lipinski definition) is 4. The van der Waals surface area contributed by atoms with Crippen LogP contribution in [-0.2, 0) is 6.42 Å². The highest BCUT2D eigenvalue weighted by molar-refractivity contribution is 7.13. The first-order valence-electron chi connectivity index (χ1n) is 3.99. The fourth-order valence-electron chi connectivity index (χ4n) is 1.40. The molecule has 14 heavy (non-hydrogen) atoms. The van der Waals surface area contributed by atoms with Gasteiger partial charge in [-0.3, -0.25) is 9.17 Å². The summed E-state index contributed by atoms with van der Waals surface area (Å²) in [5.74, 6) is 0. The lowest BCUT2D eigenvalue weighted by molar-refractivity contribution is 1.28. The second-order valence-corrected chi connectivity index (χ2v) is 3.72. The van der Waals surface area contributed by atoms with Crippen molar-refractivity contribution in [2.24, 2.45) is 0 Å². The van der Waals surface area contributed by atoms with E-state index in [0.717, 1.165) is 4.70 Å². The Kier molecular flexibility index (Phi) is 1.98. The molecule has 0 saturated heterocycles. The zero-order valence-corrected chi connectivity index (χ0v) is 8.02. The number of nitrogens with one attached hydrogen (secondary N) is 1. The van der Waals surface area contributed by atoms with E-state index >= 15 is 0 Å². The molecule has 1 aromatic carbocycles. The molecule has 0 saturated carbocycles. The zero-order valence-electron chi connectivity index (χ0n) is 7.20. The number of nitrogen functional groups attached to an aromatic ring is 1. The van der Waals surface area contributed by atoms with E-state index in [-0.39, 0.29) is 12.0 Å². The maximum atomic E-state index is 11.4. The predicted octanol–water partition coefficient (Wildman–Crippen LogP) is 1.24. The molecule has 5 heteroatoms. The SMILES string of the molecule is N#CCc1c(N)ccc2s[nH]c(=O)c12. The van der Waals surface area contributed by atoms with Crippen LogP contribution < -0.4 is 11.3 Å². The van der Waals surface area contributed by atoms with Crippen molar-refractivity contribution in [3.63, 3.8) is 0 Å². The number of rotatable bonds is 1. The summed E-state index contributed by atoms with van der Waals surface area (Å²) in [5.41, 5.74) is 6.67. The van der Waals surface area contributed by atoms with Crippen LogP contribution in [0.25, 0.3) is 10.1 Å². The number of aromatic nitrogens is 1. The molecule has 0 radical (unpaired) electrons. The molecule has 1 aromatic heterocycles. The Bertz CT molecular complexity index is 576. The minimum Gasteiger partial charge on any atom is -0.398 e. The predicted molar refractivity (Wildman–Crippen MR) is 56.2 cm³/mol. The molecular weight excluding hydrogens is 198 g/mol. The van der Waals surface area contributed by atoms with Crippen LogP contribution in [0.15, 0.2) is 16.9 Å². The average molecular weight is 205 g/mol. The van der Waals surface area contributed by atoms with Gasteiger partial charge in [-0.1, -0.05) is 11.5 Å². The molecule has 0 fully saturated rings. The number of aromatic amines is 1.